The summed E-state index contributed by atoms with van der Waals surface area (Å²) in [5, 5.41) is 21.4. The fourth-order valence-electron chi connectivity index (χ4n) is 1.78. The molecule has 1 aromatic carbocycles. The summed E-state index contributed by atoms with van der Waals surface area (Å²) in [5.74, 6) is -3.87. The third-order valence-electron chi connectivity index (χ3n) is 2.78. The second-order valence-electron chi connectivity index (χ2n) is 5.99. The Morgan fingerprint density at radius 2 is 1.79 bits per heavy atom. The number of esters is 1. The van der Waals surface area contributed by atoms with E-state index in [9.17, 15) is 24.5 Å². The van der Waals surface area contributed by atoms with Crippen LogP contribution in [0, 0.1) is 10.1 Å². The molecule has 0 aliphatic heterocycles. The van der Waals surface area contributed by atoms with Crippen LogP contribution in [0.4, 0.5) is 5.69 Å². The number of hydrogen-bond donors (Lipinski definition) is 2. The standard InChI is InChI=1S/C15H18N2O7/c1-15(2,3)24-14(21)11(16-12(18)13(19)20)8-9-4-6-10(7-5-9)17(22)23/h4-7,11H,8H2,1-3H3,(H,16,18)(H,19,20). The third kappa shape index (κ3) is 6.03. The van der Waals surface area contributed by atoms with Crippen molar-refractivity contribution in [3.63, 3.8) is 0 Å². The lowest BCUT2D eigenvalue weighted by Crippen LogP contribution is -2.47. The zero-order valence-corrected chi connectivity index (χ0v) is 13.4. The number of ether oxygens (including phenoxy) is 1. The number of carboxylic acid groups (broad SMARTS) is 1. The van der Waals surface area contributed by atoms with Crippen molar-refractivity contribution in [2.45, 2.75) is 38.8 Å². The lowest BCUT2D eigenvalue weighted by molar-refractivity contribution is -0.384. The number of carboxylic acids is 1. The molecule has 0 fully saturated rings. The number of aliphatic carboxylic acids is 1. The summed E-state index contributed by atoms with van der Waals surface area (Å²) in [4.78, 5) is 44.2. The molecule has 24 heavy (non-hydrogen) atoms. The number of non-ortho nitro benzene ring substituents is 1. The molecule has 0 aliphatic carbocycles. The average Bonchev–Trinajstić information content (AvgIpc) is 2.45. The van der Waals surface area contributed by atoms with Crippen molar-refractivity contribution in [3.8, 4) is 0 Å². The van der Waals surface area contributed by atoms with Crippen molar-refractivity contribution in [2.24, 2.45) is 0 Å². The van der Waals surface area contributed by atoms with Gasteiger partial charge in [-0.1, -0.05) is 12.1 Å². The lowest BCUT2D eigenvalue weighted by Gasteiger charge is -2.24. The fourth-order valence-corrected chi connectivity index (χ4v) is 1.78. The number of rotatable bonds is 5. The van der Waals surface area contributed by atoms with Crippen molar-refractivity contribution < 1.29 is 29.2 Å². The maximum atomic E-state index is 12.2. The van der Waals surface area contributed by atoms with Gasteiger partial charge in [0.2, 0.25) is 0 Å². The molecule has 0 saturated heterocycles. The van der Waals surface area contributed by atoms with E-state index in [-0.39, 0.29) is 12.1 Å². The van der Waals surface area contributed by atoms with Gasteiger partial charge in [-0.25, -0.2) is 9.59 Å². The Labute approximate surface area is 137 Å². The van der Waals surface area contributed by atoms with Crippen molar-refractivity contribution in [1.29, 1.82) is 0 Å². The zero-order valence-electron chi connectivity index (χ0n) is 13.4. The predicted molar refractivity (Wildman–Crippen MR) is 82.2 cm³/mol. The molecule has 1 unspecified atom stereocenters. The van der Waals surface area contributed by atoms with Gasteiger partial charge in [0.25, 0.3) is 5.69 Å². The first-order chi connectivity index (χ1) is 11.0. The number of carbonyl (C=O) groups is 3. The van der Waals surface area contributed by atoms with E-state index in [1.807, 2.05) is 0 Å². The van der Waals surface area contributed by atoms with Crippen LogP contribution in [0.15, 0.2) is 24.3 Å². The highest BCUT2D eigenvalue weighted by Gasteiger charge is 2.28. The average molecular weight is 338 g/mol. The minimum absolute atomic E-state index is 0.0636. The number of nitro groups is 1. The van der Waals surface area contributed by atoms with E-state index in [1.165, 1.54) is 24.3 Å². The van der Waals surface area contributed by atoms with Gasteiger partial charge in [0, 0.05) is 18.6 Å². The Hall–Kier alpha value is -2.97. The molecule has 0 saturated carbocycles. The highest BCUT2D eigenvalue weighted by molar-refractivity contribution is 6.31. The molecule has 1 rings (SSSR count). The summed E-state index contributed by atoms with van der Waals surface area (Å²) in [6.45, 7) is 4.90. The Morgan fingerprint density at radius 1 is 1.25 bits per heavy atom. The molecule has 9 nitrogen and oxygen atoms in total. The first kappa shape index (κ1) is 19.1. The van der Waals surface area contributed by atoms with E-state index >= 15 is 0 Å². The number of hydrogen-bond acceptors (Lipinski definition) is 6. The Bertz CT molecular complexity index is 647. The highest BCUT2D eigenvalue weighted by Crippen LogP contribution is 2.15. The van der Waals surface area contributed by atoms with Crippen LogP contribution in [0.25, 0.3) is 0 Å². The number of nitrogens with one attached hydrogen (secondary N) is 1. The number of benzene rings is 1. The van der Waals surface area contributed by atoms with E-state index in [1.54, 1.807) is 20.8 Å². The molecular weight excluding hydrogens is 320 g/mol. The summed E-state index contributed by atoms with van der Waals surface area (Å²) in [7, 11) is 0. The normalized spacial score (nSPS) is 12.1. The quantitative estimate of drug-likeness (QED) is 0.354. The molecule has 1 aromatic rings. The smallest absolute Gasteiger partial charge is 0.394 e. The Balaban J connectivity index is 2.95. The Kier molecular flexibility index (Phi) is 5.99. The van der Waals surface area contributed by atoms with Gasteiger partial charge in [-0.2, -0.15) is 0 Å². The first-order valence-corrected chi connectivity index (χ1v) is 6.99. The molecule has 2 N–H and O–H groups in total. The second-order valence-corrected chi connectivity index (χ2v) is 5.99. The van der Waals surface area contributed by atoms with E-state index in [4.69, 9.17) is 9.84 Å². The summed E-state index contributed by atoms with van der Waals surface area (Å²) in [6.07, 6.45) is -0.0636. The zero-order chi connectivity index (χ0) is 18.5. The lowest BCUT2D eigenvalue weighted by atomic mass is 10.0. The predicted octanol–water partition coefficient (Wildman–Crippen LogP) is 1.05. The topological polar surface area (TPSA) is 136 Å². The second kappa shape index (κ2) is 7.53. The van der Waals surface area contributed by atoms with Crippen LogP contribution < -0.4 is 5.32 Å². The third-order valence-corrected chi connectivity index (χ3v) is 2.78. The molecule has 0 aliphatic rings. The van der Waals surface area contributed by atoms with Crippen LogP contribution in [-0.4, -0.2) is 39.5 Å². The van der Waals surface area contributed by atoms with Crippen molar-refractivity contribution in [1.82, 2.24) is 5.32 Å². The summed E-state index contributed by atoms with van der Waals surface area (Å²) in [6, 6.07) is 4.11. The monoisotopic (exact) mass is 338 g/mol. The molecule has 9 heteroatoms. The number of amides is 1. The molecule has 130 valence electrons. The van der Waals surface area contributed by atoms with Gasteiger partial charge in [-0.05, 0) is 26.3 Å². The number of carbonyl (C=O) groups excluding carboxylic acids is 2. The van der Waals surface area contributed by atoms with E-state index in [2.05, 4.69) is 5.32 Å². The van der Waals surface area contributed by atoms with Crippen LogP contribution in [-0.2, 0) is 25.5 Å². The van der Waals surface area contributed by atoms with Gasteiger partial charge in [-0.3, -0.25) is 14.9 Å². The van der Waals surface area contributed by atoms with Gasteiger partial charge in [0.05, 0.1) is 4.92 Å². The minimum atomic E-state index is -1.73. The summed E-state index contributed by atoms with van der Waals surface area (Å²) in [5.41, 5.74) is -0.442. The van der Waals surface area contributed by atoms with E-state index < -0.39 is 34.4 Å². The molecule has 0 aromatic heterocycles. The molecule has 0 heterocycles. The first-order valence-electron chi connectivity index (χ1n) is 6.99. The molecule has 0 spiro atoms. The molecule has 0 bridgehead atoms. The number of nitro benzene ring substituents is 1. The van der Waals surface area contributed by atoms with E-state index in [0.29, 0.717) is 5.56 Å². The molecule has 1 amide bonds. The van der Waals surface area contributed by atoms with Crippen LogP contribution >= 0.6 is 0 Å². The molecular formula is C15H18N2O7. The largest absolute Gasteiger partial charge is 0.474 e. The molecule has 1 atom stereocenters. The van der Waals surface area contributed by atoms with E-state index in [0.717, 1.165) is 0 Å². The highest BCUT2D eigenvalue weighted by atomic mass is 16.6. The SMILES string of the molecule is CC(C)(C)OC(=O)C(Cc1ccc([N+](=O)[O-])cc1)NC(=O)C(=O)O. The maximum absolute atomic E-state index is 12.2. The maximum Gasteiger partial charge on any atom is 0.394 e. The minimum Gasteiger partial charge on any atom is -0.474 e. The summed E-state index contributed by atoms with van der Waals surface area (Å²) >= 11 is 0. The van der Waals surface area contributed by atoms with Crippen molar-refractivity contribution in [2.75, 3.05) is 0 Å². The van der Waals surface area contributed by atoms with Gasteiger partial charge in [0.15, 0.2) is 0 Å². The van der Waals surface area contributed by atoms with Crippen molar-refractivity contribution >= 4 is 23.5 Å². The van der Waals surface area contributed by atoms with Gasteiger partial charge < -0.3 is 15.2 Å². The van der Waals surface area contributed by atoms with Gasteiger partial charge in [0.1, 0.15) is 11.6 Å². The molecule has 0 radical (unpaired) electrons. The van der Waals surface area contributed by atoms with Crippen LogP contribution in [0.5, 0.6) is 0 Å². The summed E-state index contributed by atoms with van der Waals surface area (Å²) < 4.78 is 5.16. The van der Waals surface area contributed by atoms with Gasteiger partial charge >= 0.3 is 17.8 Å². The fraction of sp³-hybridized carbons (Fsp3) is 0.400. The van der Waals surface area contributed by atoms with Gasteiger partial charge in [-0.15, -0.1) is 0 Å². The van der Waals surface area contributed by atoms with Crippen LogP contribution in [0.3, 0.4) is 0 Å². The van der Waals surface area contributed by atoms with Crippen LogP contribution in [0.2, 0.25) is 0 Å². The Morgan fingerprint density at radius 3 is 2.21 bits per heavy atom. The number of nitrogens with zero attached hydrogens (tertiary/aromatic N) is 1. The van der Waals surface area contributed by atoms with Crippen LogP contribution in [0.1, 0.15) is 26.3 Å². The van der Waals surface area contributed by atoms with Crippen molar-refractivity contribution in [3.05, 3.63) is 39.9 Å².